The molecule has 0 radical (unpaired) electrons. The molecule has 0 nitrogen and oxygen atoms in total. The van der Waals surface area contributed by atoms with Gasteiger partial charge in [-0.25, -0.2) is 4.39 Å². The summed E-state index contributed by atoms with van der Waals surface area (Å²) < 4.78 is 14.7. The number of rotatable bonds is 2. The minimum atomic E-state index is -0.280. The van der Waals surface area contributed by atoms with E-state index < -0.39 is 0 Å². The second-order valence-corrected chi connectivity index (χ2v) is 7.03. The first-order valence-electron chi connectivity index (χ1n) is 4.84. The van der Waals surface area contributed by atoms with Crippen molar-refractivity contribution in [1.29, 1.82) is 0 Å². The van der Waals surface area contributed by atoms with Gasteiger partial charge < -0.3 is 0 Å². The van der Waals surface area contributed by atoms with Crippen LogP contribution in [0, 0.1) is 12.7 Å². The van der Waals surface area contributed by atoms with E-state index in [1.54, 1.807) is 17.4 Å². The molecule has 0 spiro atoms. The first kappa shape index (κ1) is 13.5. The summed E-state index contributed by atoms with van der Waals surface area (Å²) in [6, 6.07) is 6.59. The third kappa shape index (κ3) is 2.92. The van der Waals surface area contributed by atoms with Gasteiger partial charge in [-0.1, -0.05) is 22.0 Å². The number of benzene rings is 1. The highest BCUT2D eigenvalue weighted by Crippen LogP contribution is 2.41. The predicted molar refractivity (Wildman–Crippen MR) is 78.6 cm³/mol. The van der Waals surface area contributed by atoms with Crippen molar-refractivity contribution in [3.05, 3.63) is 54.3 Å². The Kier molecular flexibility index (Phi) is 4.29. The normalized spacial score (nSPS) is 12.8. The molecule has 0 N–H and O–H groups in total. The van der Waals surface area contributed by atoms with Crippen LogP contribution in [0.3, 0.4) is 0 Å². The van der Waals surface area contributed by atoms with E-state index in [1.165, 1.54) is 17.0 Å². The summed E-state index contributed by atoms with van der Waals surface area (Å²) in [6.07, 6.45) is 0. The van der Waals surface area contributed by atoms with Crippen LogP contribution < -0.4 is 0 Å². The van der Waals surface area contributed by atoms with Crippen molar-refractivity contribution in [2.45, 2.75) is 12.3 Å². The molecule has 2 aromatic rings. The molecule has 0 aliphatic rings. The summed E-state index contributed by atoms with van der Waals surface area (Å²) in [6.45, 7) is 2.03. The van der Waals surface area contributed by atoms with Gasteiger partial charge in [0.15, 0.2) is 0 Å². The molecule has 1 heterocycles. The maximum Gasteiger partial charge on any atom is 0.124 e. The van der Waals surface area contributed by atoms with Gasteiger partial charge in [0.05, 0.1) is 5.38 Å². The smallest absolute Gasteiger partial charge is 0.124 e. The van der Waals surface area contributed by atoms with Crippen LogP contribution in [-0.4, -0.2) is 0 Å². The molecule has 0 saturated heterocycles. The molecule has 1 aromatic carbocycles. The van der Waals surface area contributed by atoms with Crippen molar-refractivity contribution in [1.82, 2.24) is 0 Å². The Bertz CT molecular complexity index is 553. The Balaban J connectivity index is 2.43. The van der Waals surface area contributed by atoms with Crippen molar-refractivity contribution in [2.24, 2.45) is 0 Å². The van der Waals surface area contributed by atoms with Crippen LogP contribution >= 0.6 is 54.8 Å². The lowest BCUT2D eigenvalue weighted by atomic mass is 10.1. The topological polar surface area (TPSA) is 0 Å². The Morgan fingerprint density at radius 1 is 1.24 bits per heavy atom. The van der Waals surface area contributed by atoms with E-state index in [0.29, 0.717) is 4.47 Å². The molecule has 0 amide bonds. The summed E-state index contributed by atoms with van der Waals surface area (Å²) in [7, 11) is 0. The van der Waals surface area contributed by atoms with Crippen molar-refractivity contribution in [3.63, 3.8) is 0 Å². The summed E-state index contributed by atoms with van der Waals surface area (Å²) in [5.41, 5.74) is 0.871. The Morgan fingerprint density at radius 3 is 2.47 bits per heavy atom. The van der Waals surface area contributed by atoms with E-state index in [2.05, 4.69) is 31.9 Å². The second-order valence-electron chi connectivity index (χ2n) is 3.60. The molecule has 0 saturated carbocycles. The Hall–Kier alpha value is 0.1000. The molecule has 1 atom stereocenters. The van der Waals surface area contributed by atoms with Crippen LogP contribution in [0.5, 0.6) is 0 Å². The molecule has 1 aromatic heterocycles. The van der Waals surface area contributed by atoms with E-state index >= 15 is 0 Å². The van der Waals surface area contributed by atoms with Crippen LogP contribution in [0.15, 0.2) is 33.2 Å². The molecule has 0 fully saturated rings. The van der Waals surface area contributed by atoms with Crippen LogP contribution in [0.1, 0.15) is 20.7 Å². The molecular formula is C12H8Br2ClFS. The largest absolute Gasteiger partial charge is 0.207 e. The fraction of sp³-hybridized carbons (Fsp3) is 0.167. The minimum absolute atomic E-state index is 0.272. The molecule has 90 valence electrons. The van der Waals surface area contributed by atoms with Crippen LogP contribution in [0.4, 0.5) is 4.39 Å². The monoisotopic (exact) mass is 396 g/mol. The predicted octanol–water partition coefficient (Wildman–Crippen LogP) is 6.05. The number of hydrogen-bond acceptors (Lipinski definition) is 1. The van der Waals surface area contributed by atoms with Gasteiger partial charge in [-0.05, 0) is 46.6 Å². The van der Waals surface area contributed by atoms with Crippen LogP contribution in [0.25, 0.3) is 0 Å². The Morgan fingerprint density at radius 2 is 1.94 bits per heavy atom. The van der Waals surface area contributed by atoms with Gasteiger partial charge in [0, 0.05) is 18.7 Å². The number of aryl methyl sites for hydroxylation is 1. The first-order chi connectivity index (χ1) is 7.99. The van der Waals surface area contributed by atoms with E-state index in [4.69, 9.17) is 11.6 Å². The van der Waals surface area contributed by atoms with Gasteiger partial charge in [0.2, 0.25) is 0 Å². The number of halogens is 4. The number of alkyl halides is 1. The quantitative estimate of drug-likeness (QED) is 0.540. The molecule has 17 heavy (non-hydrogen) atoms. The zero-order valence-electron chi connectivity index (χ0n) is 8.81. The van der Waals surface area contributed by atoms with Crippen LogP contribution in [0.2, 0.25) is 0 Å². The van der Waals surface area contributed by atoms with Gasteiger partial charge >= 0.3 is 0 Å². The Labute approximate surface area is 125 Å². The lowest BCUT2D eigenvalue weighted by molar-refractivity contribution is 0.626. The standard InChI is InChI=1S/C12H8Br2ClFS/c1-6-4-10(14)12(17-6)11(15)8-3-2-7(16)5-9(8)13/h2-5,11H,1H3. The van der Waals surface area contributed by atoms with E-state index in [1.807, 2.05) is 13.0 Å². The van der Waals surface area contributed by atoms with Crippen LogP contribution in [-0.2, 0) is 0 Å². The fourth-order valence-corrected chi connectivity index (χ4v) is 4.68. The van der Waals surface area contributed by atoms with Gasteiger partial charge in [-0.3, -0.25) is 0 Å². The highest BCUT2D eigenvalue weighted by Gasteiger charge is 2.19. The lowest BCUT2D eigenvalue weighted by Crippen LogP contribution is -1.93. The SMILES string of the molecule is Cc1cc(Br)c(C(Cl)c2ccc(F)cc2Br)s1. The lowest BCUT2D eigenvalue weighted by Gasteiger charge is -2.11. The van der Waals surface area contributed by atoms with Crippen molar-refractivity contribution < 1.29 is 4.39 Å². The van der Waals surface area contributed by atoms with Gasteiger partial charge in [0.25, 0.3) is 0 Å². The highest BCUT2D eigenvalue weighted by atomic mass is 79.9. The van der Waals surface area contributed by atoms with Gasteiger partial charge in [-0.15, -0.1) is 22.9 Å². The molecule has 0 aliphatic heterocycles. The van der Waals surface area contributed by atoms with Crippen molar-refractivity contribution in [3.8, 4) is 0 Å². The minimum Gasteiger partial charge on any atom is -0.207 e. The second kappa shape index (κ2) is 5.39. The molecule has 0 aliphatic carbocycles. The summed E-state index contributed by atoms with van der Waals surface area (Å²) >= 11 is 14.9. The van der Waals surface area contributed by atoms with E-state index in [9.17, 15) is 4.39 Å². The summed E-state index contributed by atoms with van der Waals surface area (Å²) in [5.74, 6) is -0.272. The fourth-order valence-electron chi connectivity index (χ4n) is 1.52. The van der Waals surface area contributed by atoms with Crippen molar-refractivity contribution >= 4 is 54.8 Å². The average Bonchev–Trinajstić information content (AvgIpc) is 2.57. The number of hydrogen-bond donors (Lipinski definition) is 0. The molecule has 0 bridgehead atoms. The average molecular weight is 399 g/mol. The molecule has 5 heteroatoms. The zero-order valence-corrected chi connectivity index (χ0v) is 13.6. The third-order valence-electron chi connectivity index (χ3n) is 2.30. The van der Waals surface area contributed by atoms with E-state index in [-0.39, 0.29) is 11.2 Å². The molecule has 1 unspecified atom stereocenters. The number of thiophene rings is 1. The zero-order chi connectivity index (χ0) is 12.6. The highest BCUT2D eigenvalue weighted by molar-refractivity contribution is 9.10. The van der Waals surface area contributed by atoms with E-state index in [0.717, 1.165) is 14.9 Å². The summed E-state index contributed by atoms with van der Waals surface area (Å²) in [4.78, 5) is 2.23. The molecule has 2 rings (SSSR count). The van der Waals surface area contributed by atoms with Gasteiger partial charge in [0.1, 0.15) is 5.82 Å². The first-order valence-corrected chi connectivity index (χ1v) is 7.68. The summed E-state index contributed by atoms with van der Waals surface area (Å²) in [5, 5.41) is -0.280. The maximum absolute atomic E-state index is 13.0. The third-order valence-corrected chi connectivity index (χ3v) is 5.61. The van der Waals surface area contributed by atoms with Gasteiger partial charge in [-0.2, -0.15) is 0 Å². The maximum atomic E-state index is 13.0. The molecular weight excluding hydrogens is 390 g/mol. The van der Waals surface area contributed by atoms with Crippen molar-refractivity contribution in [2.75, 3.05) is 0 Å².